The number of likely N-dealkylation sites (N-methyl/N-ethyl adjacent to an activating group) is 1. The molecule has 0 heterocycles. The lowest BCUT2D eigenvalue weighted by Crippen LogP contribution is -2.47. The Labute approximate surface area is 123 Å². The molecule has 0 spiro atoms. The van der Waals surface area contributed by atoms with Gasteiger partial charge in [-0.3, -0.25) is 0 Å². The number of rotatable bonds is 12. The average molecular weight is 292 g/mol. The minimum absolute atomic E-state index is 0.198. The Morgan fingerprint density at radius 3 is 2.45 bits per heavy atom. The maximum absolute atomic E-state index is 10.1. The summed E-state index contributed by atoms with van der Waals surface area (Å²) in [7, 11) is 3.83. The van der Waals surface area contributed by atoms with Crippen molar-refractivity contribution in [1.82, 2.24) is 10.2 Å². The lowest BCUT2D eigenvalue weighted by Gasteiger charge is -2.27. The summed E-state index contributed by atoms with van der Waals surface area (Å²) in [4.78, 5) is 1.93. The molecule has 0 radical (unpaired) electrons. The fourth-order valence-corrected chi connectivity index (χ4v) is 1.87. The van der Waals surface area contributed by atoms with Crippen molar-refractivity contribution in [1.29, 1.82) is 0 Å². The highest BCUT2D eigenvalue weighted by Gasteiger charge is 2.21. The second-order valence-corrected chi connectivity index (χ2v) is 6.01. The summed E-state index contributed by atoms with van der Waals surface area (Å²) in [6, 6.07) is 0. The van der Waals surface area contributed by atoms with Crippen LogP contribution in [0.3, 0.4) is 0 Å². The van der Waals surface area contributed by atoms with Crippen LogP contribution in [0.2, 0.25) is 0 Å². The zero-order valence-electron chi connectivity index (χ0n) is 13.6. The van der Waals surface area contributed by atoms with E-state index in [2.05, 4.69) is 5.32 Å². The summed E-state index contributed by atoms with van der Waals surface area (Å²) < 4.78 is 10.6. The van der Waals surface area contributed by atoms with E-state index in [1.807, 2.05) is 32.8 Å². The molecule has 0 aromatic heterocycles. The van der Waals surface area contributed by atoms with Crippen molar-refractivity contribution in [2.45, 2.75) is 38.6 Å². The van der Waals surface area contributed by atoms with Crippen LogP contribution in [-0.4, -0.2) is 86.5 Å². The van der Waals surface area contributed by atoms with Gasteiger partial charge in [0.15, 0.2) is 0 Å². The predicted molar refractivity (Wildman–Crippen MR) is 80.0 cm³/mol. The van der Waals surface area contributed by atoms with Gasteiger partial charge in [-0.2, -0.15) is 0 Å². The fourth-order valence-electron chi connectivity index (χ4n) is 1.87. The first kappa shape index (κ1) is 19.8. The molecule has 3 N–H and O–H groups in total. The lowest BCUT2D eigenvalue weighted by atomic mass is 10.1. The molecule has 20 heavy (non-hydrogen) atoms. The van der Waals surface area contributed by atoms with Crippen LogP contribution in [0.4, 0.5) is 0 Å². The number of nitrogens with zero attached hydrogens (tertiary/aromatic N) is 1. The molecular weight excluding hydrogens is 260 g/mol. The summed E-state index contributed by atoms with van der Waals surface area (Å²) in [5.74, 6) is 0. The number of aliphatic hydroxyl groups excluding tert-OH is 1. The molecule has 122 valence electrons. The van der Waals surface area contributed by atoms with Gasteiger partial charge in [0.2, 0.25) is 0 Å². The van der Waals surface area contributed by atoms with Crippen LogP contribution in [0.25, 0.3) is 0 Å². The number of aliphatic hydroxyl groups is 2. The highest BCUT2D eigenvalue weighted by atomic mass is 16.5. The maximum atomic E-state index is 10.1. The predicted octanol–water partition coefficient (Wildman–Crippen LogP) is -0.309. The van der Waals surface area contributed by atoms with Crippen molar-refractivity contribution >= 4 is 0 Å². The lowest BCUT2D eigenvalue weighted by molar-refractivity contribution is -0.0127. The van der Waals surface area contributed by atoms with E-state index in [4.69, 9.17) is 9.47 Å². The molecular formula is C14H32N2O4. The van der Waals surface area contributed by atoms with Gasteiger partial charge in [0.05, 0.1) is 37.6 Å². The van der Waals surface area contributed by atoms with E-state index in [9.17, 15) is 10.2 Å². The smallest absolute Gasteiger partial charge is 0.0897 e. The Morgan fingerprint density at radius 2 is 1.90 bits per heavy atom. The molecule has 0 amide bonds. The van der Waals surface area contributed by atoms with Gasteiger partial charge in [-0.25, -0.2) is 0 Å². The molecule has 6 nitrogen and oxygen atoms in total. The maximum Gasteiger partial charge on any atom is 0.0897 e. The van der Waals surface area contributed by atoms with Crippen LogP contribution in [0.1, 0.15) is 20.8 Å². The molecule has 0 aromatic rings. The van der Waals surface area contributed by atoms with Crippen molar-refractivity contribution in [2.24, 2.45) is 0 Å². The van der Waals surface area contributed by atoms with E-state index in [1.165, 1.54) is 0 Å². The minimum atomic E-state index is -0.810. The summed E-state index contributed by atoms with van der Waals surface area (Å²) in [5.41, 5.74) is -0.810. The second kappa shape index (κ2) is 10.5. The van der Waals surface area contributed by atoms with Gasteiger partial charge in [0, 0.05) is 19.6 Å². The number of ether oxygens (including phenoxy) is 2. The second-order valence-electron chi connectivity index (χ2n) is 6.01. The molecule has 2 unspecified atom stereocenters. The summed E-state index contributed by atoms with van der Waals surface area (Å²) in [5, 5.41) is 22.8. The fraction of sp³-hybridized carbons (Fsp3) is 1.00. The van der Waals surface area contributed by atoms with E-state index in [0.29, 0.717) is 32.8 Å². The quantitative estimate of drug-likeness (QED) is 0.429. The van der Waals surface area contributed by atoms with Crippen LogP contribution >= 0.6 is 0 Å². The molecule has 0 aromatic carbocycles. The van der Waals surface area contributed by atoms with Crippen LogP contribution < -0.4 is 5.32 Å². The average Bonchev–Trinajstić information content (AvgIpc) is 2.25. The Kier molecular flexibility index (Phi) is 10.4. The van der Waals surface area contributed by atoms with Gasteiger partial charge < -0.3 is 29.9 Å². The highest BCUT2D eigenvalue weighted by molar-refractivity contribution is 4.78. The van der Waals surface area contributed by atoms with Gasteiger partial charge in [0.25, 0.3) is 0 Å². The van der Waals surface area contributed by atoms with Crippen molar-refractivity contribution in [2.75, 3.05) is 53.6 Å². The molecule has 0 aliphatic rings. The molecule has 0 rings (SSSR count). The molecule has 0 aliphatic carbocycles. The first-order valence-electron chi connectivity index (χ1n) is 7.18. The third-order valence-electron chi connectivity index (χ3n) is 2.53. The number of hydrogen-bond donors (Lipinski definition) is 3. The van der Waals surface area contributed by atoms with Crippen molar-refractivity contribution in [3.8, 4) is 0 Å². The molecule has 2 atom stereocenters. The monoisotopic (exact) mass is 292 g/mol. The Bertz CT molecular complexity index is 235. The SMILES string of the molecule is CC(C)OCCOCC(O)CNCC(C)(O)CN(C)C. The third-order valence-corrected chi connectivity index (χ3v) is 2.53. The van der Waals surface area contributed by atoms with Gasteiger partial charge in [-0.15, -0.1) is 0 Å². The van der Waals surface area contributed by atoms with E-state index < -0.39 is 11.7 Å². The largest absolute Gasteiger partial charge is 0.389 e. The summed E-state index contributed by atoms with van der Waals surface area (Å²) in [6.45, 7) is 8.39. The van der Waals surface area contributed by atoms with E-state index in [-0.39, 0.29) is 12.7 Å². The van der Waals surface area contributed by atoms with Crippen LogP contribution in [0, 0.1) is 0 Å². The number of nitrogens with one attached hydrogen (secondary N) is 1. The first-order valence-corrected chi connectivity index (χ1v) is 7.18. The topological polar surface area (TPSA) is 74.2 Å². The Hall–Kier alpha value is -0.240. The third kappa shape index (κ3) is 12.8. The standard InChI is InChI=1S/C14H32N2O4/c1-12(2)20-7-6-19-9-13(17)8-15-10-14(3,18)11-16(4)5/h12-13,15,17-18H,6-11H2,1-5H3. The Balaban J connectivity index is 3.55. The van der Waals surface area contributed by atoms with E-state index >= 15 is 0 Å². The van der Waals surface area contributed by atoms with Gasteiger partial charge in [-0.1, -0.05) is 0 Å². The molecule has 0 bridgehead atoms. The van der Waals surface area contributed by atoms with Gasteiger partial charge >= 0.3 is 0 Å². The zero-order valence-corrected chi connectivity index (χ0v) is 13.6. The molecule has 0 saturated heterocycles. The van der Waals surface area contributed by atoms with E-state index in [0.717, 1.165) is 0 Å². The van der Waals surface area contributed by atoms with Crippen molar-refractivity contribution in [3.05, 3.63) is 0 Å². The van der Waals surface area contributed by atoms with Crippen molar-refractivity contribution in [3.63, 3.8) is 0 Å². The zero-order chi connectivity index (χ0) is 15.6. The molecule has 0 fully saturated rings. The minimum Gasteiger partial charge on any atom is -0.389 e. The molecule has 0 aliphatic heterocycles. The molecule has 0 saturated carbocycles. The number of hydrogen-bond acceptors (Lipinski definition) is 6. The van der Waals surface area contributed by atoms with Crippen molar-refractivity contribution < 1.29 is 19.7 Å². The van der Waals surface area contributed by atoms with Gasteiger partial charge in [0.1, 0.15) is 0 Å². The van der Waals surface area contributed by atoms with Gasteiger partial charge in [-0.05, 0) is 34.9 Å². The Morgan fingerprint density at radius 1 is 1.25 bits per heavy atom. The first-order chi connectivity index (χ1) is 9.23. The highest BCUT2D eigenvalue weighted by Crippen LogP contribution is 2.02. The van der Waals surface area contributed by atoms with Crippen LogP contribution in [0.5, 0.6) is 0 Å². The summed E-state index contributed by atoms with van der Waals surface area (Å²) in [6.07, 6.45) is -0.381. The molecule has 6 heteroatoms. The normalized spacial score (nSPS) is 16.6. The van der Waals surface area contributed by atoms with E-state index in [1.54, 1.807) is 6.92 Å². The summed E-state index contributed by atoms with van der Waals surface area (Å²) >= 11 is 0. The van der Waals surface area contributed by atoms with Crippen LogP contribution in [0.15, 0.2) is 0 Å². The van der Waals surface area contributed by atoms with Crippen LogP contribution in [-0.2, 0) is 9.47 Å².